The van der Waals surface area contributed by atoms with Crippen LogP contribution in [0.4, 0.5) is 0 Å². The zero-order valence-corrected chi connectivity index (χ0v) is 53.8. The first-order valence-corrected chi connectivity index (χ1v) is 34.7. The van der Waals surface area contributed by atoms with Crippen molar-refractivity contribution in [3.05, 3.63) is 36.5 Å². The van der Waals surface area contributed by atoms with Crippen molar-refractivity contribution in [2.45, 2.75) is 362 Å². The predicted octanol–water partition coefficient (Wildman–Crippen LogP) is 8.83. The molecule has 0 aromatic rings. The van der Waals surface area contributed by atoms with E-state index < -0.39 is 124 Å². The van der Waals surface area contributed by atoms with E-state index in [1.54, 1.807) is 6.08 Å². The lowest BCUT2D eigenvalue weighted by Crippen LogP contribution is -2.66. The second kappa shape index (κ2) is 50.6. The fourth-order valence-electron chi connectivity index (χ4n) is 11.8. The quantitative estimate of drug-likeness (QED) is 0.0200. The van der Waals surface area contributed by atoms with Crippen LogP contribution in [-0.2, 0) is 33.2 Å². The Bertz CT molecular complexity index is 1720. The van der Waals surface area contributed by atoms with Gasteiger partial charge in [0.25, 0.3) is 0 Å². The summed E-state index contributed by atoms with van der Waals surface area (Å²) in [5.74, 6) is -0.290. The Morgan fingerprint density at radius 2 is 0.736 bits per heavy atom. The minimum atomic E-state index is -1.98. The predicted molar refractivity (Wildman–Crippen MR) is 337 cm³/mol. The summed E-state index contributed by atoms with van der Waals surface area (Å²) in [4.78, 5) is 13.3. The number of nitrogens with one attached hydrogen (secondary N) is 1. The molecule has 3 saturated heterocycles. The number of aliphatic hydroxyl groups is 11. The minimum absolute atomic E-state index is 0.234. The number of aliphatic hydroxyl groups excluding tert-OH is 11. The molecule has 0 radical (unpaired) electrons. The molecule has 0 bridgehead atoms. The summed E-state index contributed by atoms with van der Waals surface area (Å²) >= 11 is 0. The molecule has 3 fully saturated rings. The third-order valence-electron chi connectivity index (χ3n) is 17.4. The lowest BCUT2D eigenvalue weighted by molar-refractivity contribution is -0.379. The van der Waals surface area contributed by atoms with Crippen LogP contribution < -0.4 is 5.32 Å². The summed E-state index contributed by atoms with van der Waals surface area (Å²) in [7, 11) is 0. The Balaban J connectivity index is 1.40. The van der Waals surface area contributed by atoms with Gasteiger partial charge in [-0.15, -0.1) is 0 Å². The molecule has 3 rings (SSSR count). The number of hydrogen-bond acceptors (Lipinski definition) is 18. The molecule has 87 heavy (non-hydrogen) atoms. The fourth-order valence-corrected chi connectivity index (χ4v) is 11.8. The molecular weight excluding hydrogens is 1120 g/mol. The Hall–Kier alpha value is -1.99. The molecule has 3 aliphatic heterocycles. The van der Waals surface area contributed by atoms with Gasteiger partial charge in [0, 0.05) is 6.42 Å². The monoisotopic (exact) mass is 1240 g/mol. The van der Waals surface area contributed by atoms with Gasteiger partial charge in [-0.05, 0) is 44.9 Å². The molecule has 0 saturated carbocycles. The van der Waals surface area contributed by atoms with Crippen LogP contribution in [0.3, 0.4) is 0 Å². The summed E-state index contributed by atoms with van der Waals surface area (Å²) in [6, 6.07) is -0.993. The van der Waals surface area contributed by atoms with Gasteiger partial charge in [-0.25, -0.2) is 0 Å². The van der Waals surface area contributed by atoms with E-state index in [0.29, 0.717) is 12.8 Å². The van der Waals surface area contributed by atoms with E-state index in [9.17, 15) is 61.0 Å². The van der Waals surface area contributed by atoms with Gasteiger partial charge in [-0.1, -0.05) is 243 Å². The highest BCUT2D eigenvalue weighted by molar-refractivity contribution is 5.76. The molecule has 510 valence electrons. The van der Waals surface area contributed by atoms with E-state index in [4.69, 9.17) is 28.4 Å². The number of allylic oxidation sites excluding steroid dienone is 5. The lowest BCUT2D eigenvalue weighted by Gasteiger charge is -2.48. The van der Waals surface area contributed by atoms with Gasteiger partial charge in [0.15, 0.2) is 18.9 Å². The molecule has 17 atom stereocenters. The van der Waals surface area contributed by atoms with Crippen molar-refractivity contribution in [1.29, 1.82) is 0 Å². The number of amides is 1. The normalized spacial score (nSPS) is 28.8. The van der Waals surface area contributed by atoms with Crippen LogP contribution in [0.5, 0.6) is 0 Å². The summed E-state index contributed by atoms with van der Waals surface area (Å²) in [6.07, 6.45) is 31.6. The maximum absolute atomic E-state index is 13.3. The van der Waals surface area contributed by atoms with Crippen molar-refractivity contribution >= 4 is 5.91 Å². The van der Waals surface area contributed by atoms with Gasteiger partial charge in [-0.2, -0.15) is 0 Å². The van der Waals surface area contributed by atoms with Crippen LogP contribution in [0.1, 0.15) is 258 Å². The number of carbonyl (C=O) groups is 1. The van der Waals surface area contributed by atoms with Crippen molar-refractivity contribution in [3.63, 3.8) is 0 Å². The van der Waals surface area contributed by atoms with E-state index in [0.717, 1.165) is 44.9 Å². The van der Waals surface area contributed by atoms with E-state index in [2.05, 4.69) is 43.5 Å². The van der Waals surface area contributed by atoms with Crippen LogP contribution in [0, 0.1) is 0 Å². The molecule has 12 N–H and O–H groups in total. The van der Waals surface area contributed by atoms with E-state index >= 15 is 0 Å². The van der Waals surface area contributed by atoms with E-state index in [1.165, 1.54) is 180 Å². The lowest BCUT2D eigenvalue weighted by atomic mass is 9.96. The molecule has 3 heterocycles. The van der Waals surface area contributed by atoms with Crippen molar-refractivity contribution in [1.82, 2.24) is 5.32 Å². The van der Waals surface area contributed by atoms with Crippen molar-refractivity contribution in [2.24, 2.45) is 0 Å². The second-order valence-corrected chi connectivity index (χ2v) is 25.0. The Labute approximate surface area is 523 Å². The molecule has 19 nitrogen and oxygen atoms in total. The average Bonchev–Trinajstić information content (AvgIpc) is 3.67. The van der Waals surface area contributed by atoms with E-state index in [-0.39, 0.29) is 18.9 Å². The highest BCUT2D eigenvalue weighted by Gasteiger charge is 2.53. The first-order valence-electron chi connectivity index (χ1n) is 34.7. The van der Waals surface area contributed by atoms with Gasteiger partial charge in [0.1, 0.15) is 73.2 Å². The van der Waals surface area contributed by atoms with Gasteiger partial charge >= 0.3 is 0 Å². The number of carbonyl (C=O) groups excluding carboxylic acids is 1. The van der Waals surface area contributed by atoms with Crippen molar-refractivity contribution in [2.75, 3.05) is 26.4 Å². The molecule has 0 spiro atoms. The van der Waals surface area contributed by atoms with Crippen LogP contribution in [0.2, 0.25) is 0 Å². The Morgan fingerprint density at radius 1 is 0.402 bits per heavy atom. The van der Waals surface area contributed by atoms with Crippen LogP contribution in [0.15, 0.2) is 36.5 Å². The first kappa shape index (κ1) is 79.2. The third-order valence-corrected chi connectivity index (χ3v) is 17.4. The number of unbranched alkanes of at least 4 members (excludes halogenated alkanes) is 33. The zero-order chi connectivity index (χ0) is 63.3. The van der Waals surface area contributed by atoms with Gasteiger partial charge in [0.05, 0.1) is 38.6 Å². The standard InChI is InChI=1S/C68H125NO18/c1-3-5-7-9-11-13-15-16-17-18-19-20-21-22-23-24-25-26-27-28-29-30-31-32-33-34-36-37-39-41-43-45-52(73)51(69-56(74)46-44-42-40-38-35-14-12-10-8-6-4-2)50-82-66-62(80)59(77)64(54(48-71)84-66)87-68-63(81)60(78)65(55(49-72)85-68)86-67-61(79)58(76)57(75)53(47-70)83-67/h31-32,36-37,43,45,51-55,57-68,70-73,75-81H,3-30,33-35,38-42,44,46-50H2,1-2H3,(H,69,74)/b32-31+,37-36+,45-43+. The maximum atomic E-state index is 13.3. The summed E-state index contributed by atoms with van der Waals surface area (Å²) < 4.78 is 34.3. The smallest absolute Gasteiger partial charge is 0.220 e. The van der Waals surface area contributed by atoms with Crippen molar-refractivity contribution in [3.8, 4) is 0 Å². The fraction of sp³-hybridized carbons (Fsp3) is 0.897. The molecule has 0 aromatic heterocycles. The Morgan fingerprint density at radius 3 is 1.15 bits per heavy atom. The first-order chi connectivity index (χ1) is 42.3. The van der Waals surface area contributed by atoms with Crippen LogP contribution in [-0.4, -0.2) is 193 Å². The van der Waals surface area contributed by atoms with Gasteiger partial charge < -0.3 is 89.9 Å². The topological polar surface area (TPSA) is 307 Å². The molecule has 1 amide bonds. The number of hydrogen-bond donors (Lipinski definition) is 12. The minimum Gasteiger partial charge on any atom is -0.394 e. The number of rotatable bonds is 53. The Kier molecular flexibility index (Phi) is 46.0. The molecule has 19 heteroatoms. The summed E-state index contributed by atoms with van der Waals surface area (Å²) in [6.45, 7) is 1.70. The highest BCUT2D eigenvalue weighted by atomic mass is 16.8. The molecule has 0 aromatic carbocycles. The molecule has 0 aliphatic carbocycles. The second-order valence-electron chi connectivity index (χ2n) is 25.0. The van der Waals surface area contributed by atoms with Gasteiger partial charge in [-0.3, -0.25) is 4.79 Å². The van der Waals surface area contributed by atoms with Crippen molar-refractivity contribution < 1.29 is 89.4 Å². The molecular formula is C68H125NO18. The number of ether oxygens (including phenoxy) is 6. The SMILES string of the molecule is CCCCCCCCCCCCCCCCCCCCCCC/C=C/CC/C=C/CC/C=C/C(O)C(COC1OC(CO)C(OC2OC(CO)C(OC3OC(CO)C(O)C(O)C3O)C(O)C2O)C(O)C1O)NC(=O)CCCCCCCCCCCCC. The third kappa shape index (κ3) is 32.9. The summed E-state index contributed by atoms with van der Waals surface area (Å²) in [5.41, 5.74) is 0. The van der Waals surface area contributed by atoms with Gasteiger partial charge in [0.2, 0.25) is 5.91 Å². The average molecular weight is 1240 g/mol. The maximum Gasteiger partial charge on any atom is 0.220 e. The van der Waals surface area contributed by atoms with Crippen LogP contribution in [0.25, 0.3) is 0 Å². The van der Waals surface area contributed by atoms with Crippen LogP contribution >= 0.6 is 0 Å². The summed E-state index contributed by atoms with van der Waals surface area (Å²) in [5, 5.41) is 120. The largest absolute Gasteiger partial charge is 0.394 e. The molecule has 3 aliphatic rings. The molecule has 17 unspecified atom stereocenters. The van der Waals surface area contributed by atoms with E-state index in [1.807, 2.05) is 6.08 Å². The zero-order valence-electron chi connectivity index (χ0n) is 53.8. The highest BCUT2D eigenvalue weighted by Crippen LogP contribution is 2.33.